The summed E-state index contributed by atoms with van der Waals surface area (Å²) in [6, 6.07) is 9.67. The molecule has 0 aliphatic carbocycles. The molecule has 0 unspecified atom stereocenters. The van der Waals surface area contributed by atoms with Crippen LogP contribution in [-0.4, -0.2) is 19.9 Å². The number of nitrogens with zero attached hydrogens (tertiary/aromatic N) is 1. The lowest BCUT2D eigenvalue weighted by molar-refractivity contribution is 0.531. The van der Waals surface area contributed by atoms with E-state index in [1.807, 2.05) is 13.0 Å². The van der Waals surface area contributed by atoms with E-state index in [0.717, 1.165) is 11.3 Å². The summed E-state index contributed by atoms with van der Waals surface area (Å²) < 4.78 is 46.9. The minimum Gasteiger partial charge on any atom is -0.441 e. The molecular weight excluding hydrogens is 375 g/mol. The summed E-state index contributed by atoms with van der Waals surface area (Å²) in [5, 5.41) is 0. The first-order valence-corrected chi connectivity index (χ1v) is 10.5. The Kier molecular flexibility index (Phi) is 5.55. The molecule has 138 valence electrons. The molecule has 3 aromatic rings. The standard InChI is InChI=1S/C18H19FN2O3S2/c1-3-13-8-9-17(25-13)26(22,23)20-11-10-16-12(2)24-18(21-16)14-6-4-5-7-15(14)19/h4-9,20H,3,10-11H2,1-2H3. The highest BCUT2D eigenvalue weighted by Gasteiger charge is 2.18. The van der Waals surface area contributed by atoms with E-state index in [4.69, 9.17) is 4.42 Å². The number of hydrogen-bond acceptors (Lipinski definition) is 5. The van der Waals surface area contributed by atoms with E-state index >= 15 is 0 Å². The van der Waals surface area contributed by atoms with Crippen molar-refractivity contribution in [1.82, 2.24) is 9.71 Å². The van der Waals surface area contributed by atoms with Gasteiger partial charge in [0.05, 0.1) is 11.3 Å². The second-order valence-corrected chi connectivity index (χ2v) is 8.89. The summed E-state index contributed by atoms with van der Waals surface area (Å²) in [6.45, 7) is 3.90. The van der Waals surface area contributed by atoms with Gasteiger partial charge in [0.25, 0.3) is 0 Å². The molecule has 0 saturated heterocycles. The first-order valence-electron chi connectivity index (χ1n) is 8.20. The van der Waals surface area contributed by atoms with Crippen molar-refractivity contribution in [1.29, 1.82) is 0 Å². The zero-order chi connectivity index (χ0) is 18.7. The van der Waals surface area contributed by atoms with E-state index in [0.29, 0.717) is 22.1 Å². The van der Waals surface area contributed by atoms with E-state index in [1.165, 1.54) is 17.4 Å². The number of benzene rings is 1. The molecule has 0 amide bonds. The predicted octanol–water partition coefficient (Wildman–Crippen LogP) is 3.93. The van der Waals surface area contributed by atoms with Crippen molar-refractivity contribution in [3.8, 4) is 11.5 Å². The molecule has 0 fully saturated rings. The van der Waals surface area contributed by atoms with Crippen molar-refractivity contribution in [2.24, 2.45) is 0 Å². The number of rotatable bonds is 7. The number of nitrogens with one attached hydrogen (secondary N) is 1. The molecule has 2 heterocycles. The summed E-state index contributed by atoms with van der Waals surface area (Å²) >= 11 is 1.27. The fourth-order valence-corrected chi connectivity index (χ4v) is 4.85. The first kappa shape index (κ1) is 18.8. The third-order valence-electron chi connectivity index (χ3n) is 3.90. The van der Waals surface area contributed by atoms with E-state index in [2.05, 4.69) is 9.71 Å². The van der Waals surface area contributed by atoms with Crippen molar-refractivity contribution in [2.75, 3.05) is 6.54 Å². The molecule has 0 radical (unpaired) electrons. The Morgan fingerprint density at radius 1 is 1.23 bits per heavy atom. The van der Waals surface area contributed by atoms with Gasteiger partial charge in [-0.2, -0.15) is 0 Å². The quantitative estimate of drug-likeness (QED) is 0.659. The molecule has 26 heavy (non-hydrogen) atoms. The Bertz CT molecular complexity index is 1010. The summed E-state index contributed by atoms with van der Waals surface area (Å²) in [4.78, 5) is 5.33. The summed E-state index contributed by atoms with van der Waals surface area (Å²) in [7, 11) is -3.53. The molecule has 0 aliphatic heterocycles. The van der Waals surface area contributed by atoms with Crippen LogP contribution in [0.1, 0.15) is 23.3 Å². The SMILES string of the molecule is CCc1ccc(S(=O)(=O)NCCc2nc(-c3ccccc3F)oc2C)s1. The van der Waals surface area contributed by atoms with Crippen molar-refractivity contribution in [3.63, 3.8) is 0 Å². The highest BCUT2D eigenvalue weighted by molar-refractivity contribution is 7.91. The second kappa shape index (κ2) is 7.69. The van der Waals surface area contributed by atoms with Gasteiger partial charge >= 0.3 is 0 Å². The molecule has 0 bridgehead atoms. The molecule has 0 saturated carbocycles. The van der Waals surface area contributed by atoms with Crippen LogP contribution in [0.4, 0.5) is 4.39 Å². The van der Waals surface area contributed by atoms with Gasteiger partial charge in [0.2, 0.25) is 15.9 Å². The fourth-order valence-electron chi connectivity index (χ4n) is 2.48. The van der Waals surface area contributed by atoms with Crippen LogP contribution in [0.15, 0.2) is 45.0 Å². The number of thiophene rings is 1. The van der Waals surface area contributed by atoms with E-state index in [-0.39, 0.29) is 18.0 Å². The Morgan fingerprint density at radius 3 is 2.69 bits per heavy atom. The van der Waals surface area contributed by atoms with Gasteiger partial charge in [-0.15, -0.1) is 11.3 Å². The third kappa shape index (κ3) is 4.03. The zero-order valence-corrected chi connectivity index (χ0v) is 16.1. The number of oxazole rings is 1. The minimum atomic E-state index is -3.53. The summed E-state index contributed by atoms with van der Waals surface area (Å²) in [5.41, 5.74) is 0.888. The minimum absolute atomic E-state index is 0.186. The van der Waals surface area contributed by atoms with Crippen LogP contribution >= 0.6 is 11.3 Å². The predicted molar refractivity (Wildman–Crippen MR) is 99.2 cm³/mol. The lowest BCUT2D eigenvalue weighted by atomic mass is 10.2. The molecule has 0 aliphatic rings. The van der Waals surface area contributed by atoms with Gasteiger partial charge in [-0.25, -0.2) is 22.5 Å². The Labute approximate surface area is 156 Å². The maximum Gasteiger partial charge on any atom is 0.250 e. The maximum absolute atomic E-state index is 13.9. The van der Waals surface area contributed by atoms with Crippen LogP contribution in [-0.2, 0) is 22.9 Å². The molecule has 5 nitrogen and oxygen atoms in total. The number of aromatic nitrogens is 1. The van der Waals surface area contributed by atoms with Gasteiger partial charge in [-0.05, 0) is 37.6 Å². The second-order valence-electron chi connectivity index (χ2n) is 5.72. The lowest BCUT2D eigenvalue weighted by Gasteiger charge is -2.03. The molecule has 1 N–H and O–H groups in total. The molecule has 8 heteroatoms. The molecule has 2 aromatic heterocycles. The average Bonchev–Trinajstić information content (AvgIpc) is 3.23. The zero-order valence-electron chi connectivity index (χ0n) is 14.5. The first-order chi connectivity index (χ1) is 12.4. The molecule has 0 atom stereocenters. The third-order valence-corrected chi connectivity index (χ3v) is 7.08. The van der Waals surface area contributed by atoms with E-state index < -0.39 is 15.8 Å². The van der Waals surface area contributed by atoms with Gasteiger partial charge in [0.1, 0.15) is 15.8 Å². The highest BCUT2D eigenvalue weighted by Crippen LogP contribution is 2.25. The van der Waals surface area contributed by atoms with Crippen LogP contribution in [0.25, 0.3) is 11.5 Å². The topological polar surface area (TPSA) is 72.2 Å². The van der Waals surface area contributed by atoms with Gasteiger partial charge in [-0.3, -0.25) is 0 Å². The highest BCUT2D eigenvalue weighted by atomic mass is 32.2. The van der Waals surface area contributed by atoms with Crippen molar-refractivity contribution >= 4 is 21.4 Å². The molecule has 0 spiro atoms. The average molecular weight is 394 g/mol. The smallest absolute Gasteiger partial charge is 0.250 e. The molecule has 3 rings (SSSR count). The van der Waals surface area contributed by atoms with Gasteiger partial charge in [0, 0.05) is 17.8 Å². The van der Waals surface area contributed by atoms with Crippen LogP contribution in [0.3, 0.4) is 0 Å². The lowest BCUT2D eigenvalue weighted by Crippen LogP contribution is -2.25. The van der Waals surface area contributed by atoms with E-state index in [1.54, 1.807) is 31.2 Å². The van der Waals surface area contributed by atoms with Gasteiger partial charge in [0.15, 0.2) is 0 Å². The van der Waals surface area contributed by atoms with Gasteiger partial charge < -0.3 is 4.42 Å². The monoisotopic (exact) mass is 394 g/mol. The van der Waals surface area contributed by atoms with E-state index in [9.17, 15) is 12.8 Å². The van der Waals surface area contributed by atoms with Gasteiger partial charge in [-0.1, -0.05) is 19.1 Å². The van der Waals surface area contributed by atoms with Crippen LogP contribution in [0.5, 0.6) is 0 Å². The number of aryl methyl sites for hydroxylation is 2. The number of sulfonamides is 1. The number of halogens is 1. The Balaban J connectivity index is 1.68. The van der Waals surface area contributed by atoms with Crippen molar-refractivity contribution in [2.45, 2.75) is 30.9 Å². The summed E-state index contributed by atoms with van der Waals surface area (Å²) in [5.74, 6) is 0.335. The summed E-state index contributed by atoms with van der Waals surface area (Å²) in [6.07, 6.45) is 1.16. The Morgan fingerprint density at radius 2 is 2.00 bits per heavy atom. The van der Waals surface area contributed by atoms with Crippen molar-refractivity contribution < 1.29 is 17.2 Å². The molecule has 1 aromatic carbocycles. The Hall–Kier alpha value is -2.03. The van der Waals surface area contributed by atoms with Crippen LogP contribution in [0.2, 0.25) is 0 Å². The number of hydrogen-bond donors (Lipinski definition) is 1. The fraction of sp³-hybridized carbons (Fsp3) is 0.278. The van der Waals surface area contributed by atoms with Crippen LogP contribution < -0.4 is 4.72 Å². The maximum atomic E-state index is 13.9. The van der Waals surface area contributed by atoms with Crippen molar-refractivity contribution in [3.05, 3.63) is 58.5 Å². The van der Waals surface area contributed by atoms with Crippen LogP contribution in [0, 0.1) is 12.7 Å². The normalized spacial score (nSPS) is 11.8. The molecular formula is C18H19FN2O3S2. The largest absolute Gasteiger partial charge is 0.441 e.